The van der Waals surface area contributed by atoms with E-state index in [1.54, 1.807) is 0 Å². The van der Waals surface area contributed by atoms with Crippen molar-refractivity contribution in [2.75, 3.05) is 25.0 Å². The van der Waals surface area contributed by atoms with Crippen molar-refractivity contribution in [3.05, 3.63) is 65.7 Å². The molecule has 0 atom stereocenters. The molecule has 1 amide bonds. The number of nitrogens with one attached hydrogen (secondary N) is 1. The van der Waals surface area contributed by atoms with Crippen LogP contribution in [-0.2, 0) is 17.4 Å². The van der Waals surface area contributed by atoms with Crippen molar-refractivity contribution in [1.82, 2.24) is 4.90 Å². The lowest BCUT2D eigenvalue weighted by Crippen LogP contribution is -2.39. The van der Waals surface area contributed by atoms with Gasteiger partial charge in [0, 0.05) is 31.7 Å². The van der Waals surface area contributed by atoms with Gasteiger partial charge in [0.1, 0.15) is 0 Å². The summed E-state index contributed by atoms with van der Waals surface area (Å²) in [6.07, 6.45) is -0.927. The van der Waals surface area contributed by atoms with E-state index >= 15 is 0 Å². The lowest BCUT2D eigenvalue weighted by molar-refractivity contribution is -0.137. The van der Waals surface area contributed by atoms with E-state index in [2.05, 4.69) is 29.6 Å². The molecule has 0 radical (unpaired) electrons. The Balaban J connectivity index is 1.38. The molecular weight excluding hydrogens is 365 g/mol. The third-order valence-electron chi connectivity index (χ3n) is 5.21. The van der Waals surface area contributed by atoms with Gasteiger partial charge in [-0.3, -0.25) is 4.79 Å². The van der Waals surface area contributed by atoms with E-state index in [9.17, 15) is 18.0 Å². The maximum atomic E-state index is 12.6. The minimum atomic E-state index is -4.33. The fourth-order valence-electron chi connectivity index (χ4n) is 3.58. The van der Waals surface area contributed by atoms with Gasteiger partial charge in [0.15, 0.2) is 0 Å². The number of alkyl halides is 3. The van der Waals surface area contributed by atoms with Crippen molar-refractivity contribution < 1.29 is 18.0 Å². The molecule has 2 aromatic carbocycles. The highest BCUT2D eigenvalue weighted by molar-refractivity contribution is 5.76. The van der Waals surface area contributed by atoms with E-state index in [4.69, 9.17) is 0 Å². The molecule has 0 unspecified atom stereocenters. The molecule has 0 bridgehead atoms. The molecule has 150 valence electrons. The van der Waals surface area contributed by atoms with Crippen LogP contribution in [0.15, 0.2) is 54.6 Å². The maximum Gasteiger partial charge on any atom is 0.416 e. The first kappa shape index (κ1) is 20.2. The number of benzene rings is 2. The van der Waals surface area contributed by atoms with Crippen LogP contribution in [-0.4, -0.2) is 30.4 Å². The summed E-state index contributed by atoms with van der Waals surface area (Å²) in [4.78, 5) is 14.3. The average Bonchev–Trinajstić information content (AvgIpc) is 2.69. The number of amides is 1. The van der Waals surface area contributed by atoms with E-state index in [0.29, 0.717) is 24.6 Å². The SMILES string of the molecule is O=C(CCNc1ccc(C(F)(F)F)cc1)N1CCC(Cc2ccccc2)CC1. The van der Waals surface area contributed by atoms with Crippen LogP contribution in [0.25, 0.3) is 0 Å². The Kier molecular flexibility index (Phi) is 6.60. The number of likely N-dealkylation sites (tertiary alicyclic amines) is 1. The molecule has 1 aliphatic heterocycles. The van der Waals surface area contributed by atoms with Gasteiger partial charge in [0.05, 0.1) is 5.56 Å². The van der Waals surface area contributed by atoms with Crippen LogP contribution in [0.1, 0.15) is 30.4 Å². The number of carbonyl (C=O) groups excluding carboxylic acids is 1. The van der Waals surface area contributed by atoms with Crippen molar-refractivity contribution in [3.8, 4) is 0 Å². The summed E-state index contributed by atoms with van der Waals surface area (Å²) in [6, 6.07) is 15.3. The van der Waals surface area contributed by atoms with Gasteiger partial charge in [-0.2, -0.15) is 13.2 Å². The van der Waals surface area contributed by atoms with Crippen LogP contribution in [0.3, 0.4) is 0 Å². The third-order valence-corrected chi connectivity index (χ3v) is 5.21. The van der Waals surface area contributed by atoms with Gasteiger partial charge in [0.2, 0.25) is 5.91 Å². The van der Waals surface area contributed by atoms with Crippen LogP contribution in [0.5, 0.6) is 0 Å². The summed E-state index contributed by atoms with van der Waals surface area (Å²) >= 11 is 0. The van der Waals surface area contributed by atoms with Gasteiger partial charge >= 0.3 is 6.18 Å². The number of hydrogen-bond donors (Lipinski definition) is 1. The highest BCUT2D eigenvalue weighted by Gasteiger charge is 2.30. The Bertz CT molecular complexity index is 752. The maximum absolute atomic E-state index is 12.6. The Morgan fingerprint density at radius 2 is 1.64 bits per heavy atom. The van der Waals surface area contributed by atoms with E-state index in [0.717, 1.165) is 44.5 Å². The first-order valence-corrected chi connectivity index (χ1v) is 9.64. The van der Waals surface area contributed by atoms with Gasteiger partial charge in [-0.25, -0.2) is 0 Å². The second kappa shape index (κ2) is 9.13. The average molecular weight is 390 g/mol. The van der Waals surface area contributed by atoms with Gasteiger partial charge in [-0.15, -0.1) is 0 Å². The molecule has 1 fully saturated rings. The molecule has 0 saturated carbocycles. The smallest absolute Gasteiger partial charge is 0.385 e. The molecule has 0 aliphatic carbocycles. The second-order valence-corrected chi connectivity index (χ2v) is 7.27. The summed E-state index contributed by atoms with van der Waals surface area (Å²) in [7, 11) is 0. The Hall–Kier alpha value is -2.50. The number of carbonyl (C=O) groups is 1. The fraction of sp³-hybridized carbons (Fsp3) is 0.409. The van der Waals surface area contributed by atoms with Crippen LogP contribution >= 0.6 is 0 Å². The zero-order valence-electron chi connectivity index (χ0n) is 15.7. The first-order valence-electron chi connectivity index (χ1n) is 9.64. The van der Waals surface area contributed by atoms with Crippen LogP contribution in [0.2, 0.25) is 0 Å². The molecule has 3 rings (SSSR count). The molecule has 2 aromatic rings. The number of halogens is 3. The van der Waals surface area contributed by atoms with Crippen molar-refractivity contribution in [1.29, 1.82) is 0 Å². The monoisotopic (exact) mass is 390 g/mol. The molecule has 1 aliphatic rings. The van der Waals surface area contributed by atoms with Gasteiger partial charge in [-0.1, -0.05) is 30.3 Å². The number of hydrogen-bond acceptors (Lipinski definition) is 2. The van der Waals surface area contributed by atoms with E-state index in [1.807, 2.05) is 11.0 Å². The third kappa shape index (κ3) is 5.75. The van der Waals surface area contributed by atoms with E-state index in [1.165, 1.54) is 17.7 Å². The van der Waals surface area contributed by atoms with Crippen LogP contribution in [0.4, 0.5) is 18.9 Å². The Morgan fingerprint density at radius 1 is 1.00 bits per heavy atom. The van der Waals surface area contributed by atoms with Crippen molar-refractivity contribution in [2.45, 2.75) is 31.9 Å². The predicted octanol–water partition coefficient (Wildman–Crippen LogP) is 4.99. The molecule has 0 spiro atoms. The second-order valence-electron chi connectivity index (χ2n) is 7.27. The molecule has 1 heterocycles. The minimum Gasteiger partial charge on any atom is -0.385 e. The summed E-state index contributed by atoms with van der Waals surface area (Å²) in [5.41, 5.74) is 1.25. The Labute approximate surface area is 163 Å². The first-order chi connectivity index (χ1) is 13.4. The zero-order chi connectivity index (χ0) is 20.0. The number of rotatable bonds is 6. The summed E-state index contributed by atoms with van der Waals surface area (Å²) in [6.45, 7) is 1.96. The van der Waals surface area contributed by atoms with Crippen molar-refractivity contribution in [2.24, 2.45) is 5.92 Å². The number of nitrogens with zero attached hydrogens (tertiary/aromatic N) is 1. The quantitative estimate of drug-likeness (QED) is 0.754. The summed E-state index contributed by atoms with van der Waals surface area (Å²) < 4.78 is 37.7. The molecule has 28 heavy (non-hydrogen) atoms. The molecule has 3 nitrogen and oxygen atoms in total. The normalized spacial score (nSPS) is 15.5. The largest absolute Gasteiger partial charge is 0.416 e. The number of anilines is 1. The van der Waals surface area contributed by atoms with Crippen molar-refractivity contribution >= 4 is 11.6 Å². The predicted molar refractivity (Wildman–Crippen MR) is 104 cm³/mol. The zero-order valence-corrected chi connectivity index (χ0v) is 15.7. The minimum absolute atomic E-state index is 0.0950. The van der Waals surface area contributed by atoms with Crippen molar-refractivity contribution in [3.63, 3.8) is 0 Å². The van der Waals surface area contributed by atoms with Gasteiger partial charge in [0.25, 0.3) is 0 Å². The lowest BCUT2D eigenvalue weighted by Gasteiger charge is -2.32. The molecule has 1 N–H and O–H groups in total. The molecular formula is C22H25F3N2O. The number of piperidine rings is 1. The van der Waals surface area contributed by atoms with Crippen LogP contribution in [0, 0.1) is 5.92 Å². The standard InChI is InChI=1S/C22H25F3N2O/c23-22(24,25)19-6-8-20(9-7-19)26-13-10-21(28)27-14-11-18(12-15-27)16-17-4-2-1-3-5-17/h1-9,18,26H,10-16H2. The summed E-state index contributed by atoms with van der Waals surface area (Å²) in [5.74, 6) is 0.703. The lowest BCUT2D eigenvalue weighted by atomic mass is 9.90. The molecule has 1 saturated heterocycles. The fourth-order valence-corrected chi connectivity index (χ4v) is 3.58. The molecule has 0 aromatic heterocycles. The topological polar surface area (TPSA) is 32.3 Å². The highest BCUT2D eigenvalue weighted by Crippen LogP contribution is 2.29. The van der Waals surface area contributed by atoms with Crippen LogP contribution < -0.4 is 5.32 Å². The van der Waals surface area contributed by atoms with Gasteiger partial charge < -0.3 is 10.2 Å². The Morgan fingerprint density at radius 3 is 2.25 bits per heavy atom. The highest BCUT2D eigenvalue weighted by atomic mass is 19.4. The van der Waals surface area contributed by atoms with Gasteiger partial charge in [-0.05, 0) is 55.0 Å². The molecule has 6 heteroatoms. The van der Waals surface area contributed by atoms with E-state index < -0.39 is 11.7 Å². The van der Waals surface area contributed by atoms with E-state index in [-0.39, 0.29) is 5.91 Å². The summed E-state index contributed by atoms with van der Waals surface area (Å²) in [5, 5.41) is 3.02.